The first kappa shape index (κ1) is 10.1. The monoisotopic (exact) mass is 296 g/mol. The number of nitrogens with one attached hydrogen (secondary N) is 1. The molecule has 0 unspecified atom stereocenters. The molecule has 68 valence electrons. The standard InChI is InChI=1S/C7H3F2IN2O/c8-7(9)5-4(10)6(13)3(1-11)2-12-5/h2,7H,(H,12,13). The Hall–Kier alpha value is -0.970. The fourth-order valence-corrected chi connectivity index (χ4v) is 1.44. The summed E-state index contributed by atoms with van der Waals surface area (Å²) in [6, 6.07) is 1.61. The van der Waals surface area contributed by atoms with E-state index in [9.17, 15) is 13.6 Å². The van der Waals surface area contributed by atoms with Gasteiger partial charge in [-0.1, -0.05) is 0 Å². The summed E-state index contributed by atoms with van der Waals surface area (Å²) in [4.78, 5) is 13.4. The van der Waals surface area contributed by atoms with Crippen molar-refractivity contribution in [3.8, 4) is 6.07 Å². The Balaban J connectivity index is 3.43. The van der Waals surface area contributed by atoms with Crippen molar-refractivity contribution in [2.75, 3.05) is 0 Å². The molecule has 0 fully saturated rings. The molecule has 0 amide bonds. The topological polar surface area (TPSA) is 56.6 Å². The van der Waals surface area contributed by atoms with Crippen LogP contribution in [0.2, 0.25) is 0 Å². The second-order valence-electron chi connectivity index (χ2n) is 2.17. The molecule has 6 heteroatoms. The molecule has 0 aliphatic heterocycles. The number of pyridine rings is 1. The highest BCUT2D eigenvalue weighted by atomic mass is 127. The van der Waals surface area contributed by atoms with Crippen molar-refractivity contribution >= 4 is 22.6 Å². The van der Waals surface area contributed by atoms with Gasteiger partial charge in [-0.2, -0.15) is 5.26 Å². The van der Waals surface area contributed by atoms with Crippen molar-refractivity contribution in [2.24, 2.45) is 0 Å². The van der Waals surface area contributed by atoms with E-state index in [1.807, 2.05) is 0 Å². The number of nitrogens with zero attached hydrogens (tertiary/aromatic N) is 1. The largest absolute Gasteiger partial charge is 0.358 e. The fourth-order valence-electron chi connectivity index (χ4n) is 0.761. The maximum atomic E-state index is 12.2. The third-order valence-electron chi connectivity index (χ3n) is 1.39. The van der Waals surface area contributed by atoms with Crippen molar-refractivity contribution in [3.63, 3.8) is 0 Å². The van der Waals surface area contributed by atoms with Crippen molar-refractivity contribution in [2.45, 2.75) is 6.43 Å². The maximum Gasteiger partial charge on any atom is 0.279 e. The zero-order chi connectivity index (χ0) is 10.0. The van der Waals surface area contributed by atoms with Gasteiger partial charge in [0.25, 0.3) is 6.43 Å². The van der Waals surface area contributed by atoms with Crippen LogP contribution in [-0.4, -0.2) is 4.98 Å². The normalized spacial score (nSPS) is 10.1. The van der Waals surface area contributed by atoms with Crippen LogP contribution in [0.4, 0.5) is 8.78 Å². The zero-order valence-electron chi connectivity index (χ0n) is 6.14. The molecule has 0 aliphatic carbocycles. The first-order valence-corrected chi connectivity index (χ1v) is 4.25. The van der Waals surface area contributed by atoms with Gasteiger partial charge in [-0.25, -0.2) is 8.78 Å². The Labute approximate surface area is 85.5 Å². The molecule has 0 aliphatic rings. The summed E-state index contributed by atoms with van der Waals surface area (Å²) in [7, 11) is 0. The molecule has 0 saturated heterocycles. The predicted molar refractivity (Wildman–Crippen MR) is 49.5 cm³/mol. The number of H-pyrrole nitrogens is 1. The molecule has 0 aromatic carbocycles. The van der Waals surface area contributed by atoms with Gasteiger partial charge in [0.05, 0.1) is 9.26 Å². The molecule has 1 N–H and O–H groups in total. The first-order chi connectivity index (χ1) is 6.07. The van der Waals surface area contributed by atoms with Crippen LogP contribution in [0.25, 0.3) is 0 Å². The second-order valence-corrected chi connectivity index (χ2v) is 3.25. The van der Waals surface area contributed by atoms with Gasteiger partial charge in [0.15, 0.2) is 0 Å². The minimum Gasteiger partial charge on any atom is -0.358 e. The molecule has 0 atom stereocenters. The average Bonchev–Trinajstić information content (AvgIpc) is 2.09. The SMILES string of the molecule is N#Cc1c[nH]c(C(F)F)c(I)c1=O. The minimum atomic E-state index is -2.73. The van der Waals surface area contributed by atoms with Gasteiger partial charge in [-0.3, -0.25) is 4.79 Å². The number of hydrogen-bond donors (Lipinski definition) is 1. The molecule has 1 heterocycles. The van der Waals surface area contributed by atoms with E-state index in [4.69, 9.17) is 5.26 Å². The van der Waals surface area contributed by atoms with E-state index in [-0.39, 0.29) is 9.13 Å². The third-order valence-corrected chi connectivity index (χ3v) is 2.46. The van der Waals surface area contributed by atoms with E-state index < -0.39 is 17.5 Å². The van der Waals surface area contributed by atoms with E-state index in [0.717, 1.165) is 6.20 Å². The predicted octanol–water partition coefficient (Wildman–Crippen LogP) is 1.79. The van der Waals surface area contributed by atoms with Crippen molar-refractivity contribution < 1.29 is 8.78 Å². The number of alkyl halides is 2. The quantitative estimate of drug-likeness (QED) is 0.803. The molecule has 3 nitrogen and oxygen atoms in total. The van der Waals surface area contributed by atoms with E-state index in [2.05, 4.69) is 4.98 Å². The van der Waals surface area contributed by atoms with Crippen LogP contribution in [0.3, 0.4) is 0 Å². The Morgan fingerprint density at radius 1 is 1.62 bits per heavy atom. The smallest absolute Gasteiger partial charge is 0.279 e. The van der Waals surface area contributed by atoms with Crippen molar-refractivity contribution in [1.29, 1.82) is 5.26 Å². The van der Waals surface area contributed by atoms with Gasteiger partial charge in [-0.05, 0) is 22.6 Å². The van der Waals surface area contributed by atoms with Gasteiger partial charge >= 0.3 is 0 Å². The summed E-state index contributed by atoms with van der Waals surface area (Å²) in [5.41, 5.74) is -1.25. The number of aromatic amines is 1. The van der Waals surface area contributed by atoms with Crippen LogP contribution in [0.5, 0.6) is 0 Å². The lowest BCUT2D eigenvalue weighted by Gasteiger charge is -2.01. The van der Waals surface area contributed by atoms with Crippen LogP contribution < -0.4 is 5.43 Å². The summed E-state index contributed by atoms with van der Waals surface area (Å²) in [5.74, 6) is 0. The highest BCUT2D eigenvalue weighted by Crippen LogP contribution is 2.19. The van der Waals surface area contributed by atoms with E-state index in [0.29, 0.717) is 0 Å². The molecule has 0 saturated carbocycles. The molecular formula is C7H3F2IN2O. The molecule has 0 spiro atoms. The Morgan fingerprint density at radius 2 is 2.23 bits per heavy atom. The van der Waals surface area contributed by atoms with Gasteiger partial charge in [0, 0.05) is 6.20 Å². The lowest BCUT2D eigenvalue weighted by Crippen LogP contribution is -2.14. The molecular weight excluding hydrogens is 293 g/mol. The van der Waals surface area contributed by atoms with Crippen molar-refractivity contribution in [3.05, 3.63) is 31.2 Å². The second kappa shape index (κ2) is 3.83. The summed E-state index contributed by atoms with van der Waals surface area (Å²) >= 11 is 1.49. The molecule has 1 aromatic heterocycles. The Bertz CT molecular complexity index is 421. The van der Waals surface area contributed by atoms with Crippen LogP contribution >= 0.6 is 22.6 Å². The molecule has 1 rings (SSSR count). The number of aromatic nitrogens is 1. The van der Waals surface area contributed by atoms with Gasteiger partial charge in [0.1, 0.15) is 11.6 Å². The molecule has 1 aromatic rings. The summed E-state index contributed by atoms with van der Waals surface area (Å²) in [6.07, 6.45) is -1.74. The number of halogens is 3. The van der Waals surface area contributed by atoms with Gasteiger partial charge in [0.2, 0.25) is 5.43 Å². The number of hydrogen-bond acceptors (Lipinski definition) is 2. The van der Waals surface area contributed by atoms with Gasteiger partial charge < -0.3 is 4.98 Å². The van der Waals surface area contributed by atoms with E-state index in [1.54, 1.807) is 6.07 Å². The fraction of sp³-hybridized carbons (Fsp3) is 0.143. The Kier molecular flexibility index (Phi) is 2.98. The summed E-state index contributed by atoms with van der Waals surface area (Å²) < 4.78 is 24.2. The Morgan fingerprint density at radius 3 is 2.69 bits per heavy atom. The summed E-state index contributed by atoms with van der Waals surface area (Å²) in [5, 5.41) is 8.41. The molecule has 13 heavy (non-hydrogen) atoms. The van der Waals surface area contributed by atoms with Gasteiger partial charge in [-0.15, -0.1) is 0 Å². The van der Waals surface area contributed by atoms with E-state index in [1.165, 1.54) is 22.6 Å². The highest BCUT2D eigenvalue weighted by molar-refractivity contribution is 14.1. The number of nitriles is 1. The van der Waals surface area contributed by atoms with Crippen molar-refractivity contribution in [1.82, 2.24) is 4.98 Å². The third kappa shape index (κ3) is 1.85. The number of rotatable bonds is 1. The molecule has 0 radical (unpaired) electrons. The average molecular weight is 296 g/mol. The maximum absolute atomic E-state index is 12.2. The lowest BCUT2D eigenvalue weighted by molar-refractivity contribution is 0.145. The van der Waals surface area contributed by atoms with E-state index >= 15 is 0 Å². The highest BCUT2D eigenvalue weighted by Gasteiger charge is 2.16. The zero-order valence-corrected chi connectivity index (χ0v) is 8.30. The lowest BCUT2D eigenvalue weighted by atomic mass is 10.2. The first-order valence-electron chi connectivity index (χ1n) is 3.17. The summed E-state index contributed by atoms with van der Waals surface area (Å²) in [6.45, 7) is 0. The van der Waals surface area contributed by atoms with Crippen LogP contribution in [0.15, 0.2) is 11.0 Å². The minimum absolute atomic E-state index is 0.133. The van der Waals surface area contributed by atoms with Crippen LogP contribution in [-0.2, 0) is 0 Å². The van der Waals surface area contributed by atoms with Crippen LogP contribution in [0.1, 0.15) is 17.7 Å². The van der Waals surface area contributed by atoms with Crippen LogP contribution in [0, 0.1) is 14.9 Å². The molecule has 0 bridgehead atoms.